The molecule has 5 atom stereocenters. The van der Waals surface area contributed by atoms with Crippen LogP contribution in [0.4, 0.5) is 0 Å². The summed E-state index contributed by atoms with van der Waals surface area (Å²) < 4.78 is 19.7. The number of carbonyl (C=O) groups excluding carboxylic acids is 3. The molecule has 0 radical (unpaired) electrons. The maximum absolute atomic E-state index is 11.9. The molecule has 0 amide bonds. The normalized spacial score (nSPS) is 25.4. The first kappa shape index (κ1) is 29.0. The molecule has 1 aliphatic rings. The molecule has 0 aromatic rings. The average Bonchev–Trinajstić information content (AvgIpc) is 2.73. The van der Waals surface area contributed by atoms with Crippen molar-refractivity contribution in [2.45, 2.75) is 50.0 Å². The number of hydrogen-bond acceptors (Lipinski definition) is 18. The zero-order chi connectivity index (χ0) is 25.1. The van der Waals surface area contributed by atoms with Gasteiger partial charge in [-0.3, -0.25) is 30.1 Å². The number of esters is 3. The van der Waals surface area contributed by atoms with Crippen LogP contribution >= 0.6 is 0 Å². The average molecular weight is 486 g/mol. The van der Waals surface area contributed by atoms with Crippen LogP contribution in [-0.2, 0) is 33.3 Å². The highest BCUT2D eigenvalue weighted by molar-refractivity contribution is 5.70. The summed E-state index contributed by atoms with van der Waals surface area (Å²) in [6, 6.07) is 0. The SMILES string of the molecule is O=C(CCN([O-])O)OC[C@H]1O[C@@H](OC(=O)CCN([O-])O)[C@H](O)[C@@H](OC(=O)CCN([O-])O)[C@@H]1O. The molecule has 192 valence electrons. The van der Waals surface area contributed by atoms with Crippen molar-refractivity contribution in [3.05, 3.63) is 15.6 Å². The van der Waals surface area contributed by atoms with Crippen molar-refractivity contribution in [1.82, 2.24) is 15.7 Å². The van der Waals surface area contributed by atoms with Crippen molar-refractivity contribution in [2.75, 3.05) is 26.2 Å². The standard InChI is InChI=1S/C15H24N3O15/c19-9(1-4-16(24)25)30-7-8-12(22)14(32-10(20)2-5-17(26)27)13(23)15(31-8)33-11(21)3-6-18(28)29/h8,12-15,22-24,26,28H,1-7H2/q-3/t8-,12-,13-,14+,15+/m1/s1. The minimum Gasteiger partial charge on any atom is -0.762 e. The molecule has 1 aliphatic heterocycles. The van der Waals surface area contributed by atoms with E-state index in [9.17, 15) is 40.2 Å². The third kappa shape index (κ3) is 11.1. The molecule has 0 bridgehead atoms. The topological polar surface area (TPSA) is 268 Å². The van der Waals surface area contributed by atoms with Gasteiger partial charge in [0.25, 0.3) is 0 Å². The summed E-state index contributed by atoms with van der Waals surface area (Å²) in [5, 5.41) is 76.1. The minimum absolute atomic E-state index is 0.515. The molecule has 0 saturated carbocycles. The van der Waals surface area contributed by atoms with Crippen LogP contribution in [0.3, 0.4) is 0 Å². The first-order chi connectivity index (χ1) is 15.4. The lowest BCUT2D eigenvalue weighted by Crippen LogP contribution is -2.61. The zero-order valence-corrected chi connectivity index (χ0v) is 17.0. The molecular formula is C15H24N3O15-3. The molecule has 1 heterocycles. The lowest BCUT2D eigenvalue weighted by molar-refractivity contribution is -0.296. The van der Waals surface area contributed by atoms with Gasteiger partial charge in [0.05, 0.1) is 19.3 Å². The molecule has 1 saturated heterocycles. The summed E-state index contributed by atoms with van der Waals surface area (Å²) in [6.07, 6.45) is -10.9. The Kier molecular flexibility index (Phi) is 12.5. The monoisotopic (exact) mass is 486 g/mol. The van der Waals surface area contributed by atoms with E-state index in [1.54, 1.807) is 0 Å². The molecule has 0 spiro atoms. The van der Waals surface area contributed by atoms with Gasteiger partial charge in [0, 0.05) is 19.6 Å². The van der Waals surface area contributed by atoms with Crippen LogP contribution in [0.1, 0.15) is 19.3 Å². The van der Waals surface area contributed by atoms with Gasteiger partial charge in [-0.2, -0.15) is 0 Å². The number of aliphatic hydroxyl groups excluding tert-OH is 2. The second-order valence-corrected chi connectivity index (χ2v) is 6.63. The molecule has 1 rings (SSSR count). The van der Waals surface area contributed by atoms with E-state index < -0.39 is 110 Å². The zero-order valence-electron chi connectivity index (χ0n) is 17.0. The lowest BCUT2D eigenvalue weighted by Gasteiger charge is -2.41. The maximum Gasteiger partial charge on any atom is 0.309 e. The van der Waals surface area contributed by atoms with Gasteiger partial charge < -0.3 is 60.4 Å². The van der Waals surface area contributed by atoms with Crippen LogP contribution < -0.4 is 0 Å². The maximum atomic E-state index is 11.9. The van der Waals surface area contributed by atoms with Gasteiger partial charge >= 0.3 is 17.9 Å². The number of hydroxylamine groups is 6. The van der Waals surface area contributed by atoms with E-state index in [4.69, 9.17) is 34.6 Å². The fourth-order valence-electron chi connectivity index (χ4n) is 2.48. The Balaban J connectivity index is 2.85. The summed E-state index contributed by atoms with van der Waals surface area (Å²) in [4.78, 5) is 35.3. The summed E-state index contributed by atoms with van der Waals surface area (Å²) in [5.74, 6) is -3.27. The first-order valence-corrected chi connectivity index (χ1v) is 9.37. The van der Waals surface area contributed by atoms with Gasteiger partial charge in [-0.05, 0) is 0 Å². The molecule has 18 nitrogen and oxygen atoms in total. The Hall–Kier alpha value is -2.07. The van der Waals surface area contributed by atoms with Crippen molar-refractivity contribution in [2.24, 2.45) is 0 Å². The Bertz CT molecular complexity index is 634. The summed E-state index contributed by atoms with van der Waals surface area (Å²) in [7, 11) is 0. The quantitative estimate of drug-likeness (QED) is 0.0996. The molecule has 1 fully saturated rings. The van der Waals surface area contributed by atoms with Gasteiger partial charge in [-0.1, -0.05) is 0 Å². The van der Waals surface area contributed by atoms with Crippen molar-refractivity contribution >= 4 is 17.9 Å². The second kappa shape index (κ2) is 14.2. The Labute approximate surface area is 185 Å². The van der Waals surface area contributed by atoms with Crippen LogP contribution in [0.15, 0.2) is 0 Å². The Morgan fingerprint density at radius 3 is 1.70 bits per heavy atom. The van der Waals surface area contributed by atoms with Crippen LogP contribution in [0, 0.1) is 15.6 Å². The van der Waals surface area contributed by atoms with E-state index in [1.807, 2.05) is 0 Å². The van der Waals surface area contributed by atoms with Gasteiger partial charge in [0.15, 0.2) is 12.2 Å². The molecule has 33 heavy (non-hydrogen) atoms. The largest absolute Gasteiger partial charge is 0.762 e. The summed E-state index contributed by atoms with van der Waals surface area (Å²) >= 11 is 0. The fraction of sp³-hybridized carbons (Fsp3) is 0.800. The molecular weight excluding hydrogens is 462 g/mol. The van der Waals surface area contributed by atoms with Crippen molar-refractivity contribution in [1.29, 1.82) is 0 Å². The van der Waals surface area contributed by atoms with Crippen LogP contribution in [0.2, 0.25) is 0 Å². The van der Waals surface area contributed by atoms with E-state index in [0.717, 1.165) is 0 Å². The number of nitrogens with zero attached hydrogens (tertiary/aromatic N) is 3. The second-order valence-electron chi connectivity index (χ2n) is 6.63. The van der Waals surface area contributed by atoms with Gasteiger partial charge in [-0.15, -0.1) is 0 Å². The molecule has 0 unspecified atom stereocenters. The smallest absolute Gasteiger partial charge is 0.309 e. The van der Waals surface area contributed by atoms with Crippen molar-refractivity contribution in [3.63, 3.8) is 0 Å². The third-order valence-electron chi connectivity index (χ3n) is 4.09. The summed E-state index contributed by atoms with van der Waals surface area (Å²) in [6.45, 7) is -2.72. The predicted molar refractivity (Wildman–Crippen MR) is 97.0 cm³/mol. The van der Waals surface area contributed by atoms with E-state index in [1.165, 1.54) is 0 Å². The van der Waals surface area contributed by atoms with E-state index in [0.29, 0.717) is 0 Å². The molecule has 0 aliphatic carbocycles. The van der Waals surface area contributed by atoms with Gasteiger partial charge in [0.1, 0.15) is 18.8 Å². The minimum atomic E-state index is -1.97. The number of carbonyl (C=O) groups is 3. The highest BCUT2D eigenvalue weighted by atomic mass is 16.8. The van der Waals surface area contributed by atoms with Crippen molar-refractivity contribution in [3.8, 4) is 0 Å². The highest BCUT2D eigenvalue weighted by Gasteiger charge is 2.49. The summed E-state index contributed by atoms with van der Waals surface area (Å²) in [5.41, 5.74) is 0. The number of aliphatic hydroxyl groups is 2. The third-order valence-corrected chi connectivity index (χ3v) is 4.09. The number of hydrogen-bond donors (Lipinski definition) is 5. The van der Waals surface area contributed by atoms with Crippen LogP contribution in [0.25, 0.3) is 0 Å². The van der Waals surface area contributed by atoms with Crippen molar-refractivity contribution < 1.29 is 59.2 Å². The van der Waals surface area contributed by atoms with E-state index in [2.05, 4.69) is 0 Å². The molecule has 5 N–H and O–H groups in total. The van der Waals surface area contributed by atoms with Crippen LogP contribution in [0.5, 0.6) is 0 Å². The highest BCUT2D eigenvalue weighted by Crippen LogP contribution is 2.26. The molecule has 18 heteroatoms. The number of ether oxygens (including phenoxy) is 4. The molecule has 0 aromatic heterocycles. The lowest BCUT2D eigenvalue weighted by atomic mass is 9.99. The van der Waals surface area contributed by atoms with E-state index >= 15 is 0 Å². The van der Waals surface area contributed by atoms with E-state index in [-0.39, 0.29) is 0 Å². The first-order valence-electron chi connectivity index (χ1n) is 9.37. The molecule has 0 aromatic carbocycles. The van der Waals surface area contributed by atoms with Crippen LogP contribution in [-0.4, -0.2) is 116 Å². The van der Waals surface area contributed by atoms with Gasteiger partial charge in [-0.25, -0.2) is 0 Å². The number of rotatable bonds is 13. The Morgan fingerprint density at radius 2 is 1.21 bits per heavy atom. The predicted octanol–water partition coefficient (Wildman–Crippen LogP) is -2.83. The fourth-order valence-corrected chi connectivity index (χ4v) is 2.48. The van der Waals surface area contributed by atoms with Gasteiger partial charge in [0.2, 0.25) is 6.29 Å². The Morgan fingerprint density at radius 1 is 0.758 bits per heavy atom.